The van der Waals surface area contributed by atoms with Crippen molar-refractivity contribution < 1.29 is 5.11 Å². The van der Waals surface area contributed by atoms with Crippen molar-refractivity contribution in [1.29, 1.82) is 0 Å². The number of hydrogen-bond donors (Lipinski definition) is 1. The number of rotatable bonds is 0. The Balaban J connectivity index is 1.94. The second kappa shape index (κ2) is 3.04. The van der Waals surface area contributed by atoms with Gasteiger partial charge in [-0.25, -0.2) is 0 Å². The summed E-state index contributed by atoms with van der Waals surface area (Å²) in [4.78, 5) is 0. The van der Waals surface area contributed by atoms with Crippen LogP contribution in [0.2, 0.25) is 0 Å². The van der Waals surface area contributed by atoms with Gasteiger partial charge in [0.2, 0.25) is 0 Å². The summed E-state index contributed by atoms with van der Waals surface area (Å²) in [6.45, 7) is 9.41. The summed E-state index contributed by atoms with van der Waals surface area (Å²) in [7, 11) is 0. The van der Waals surface area contributed by atoms with Gasteiger partial charge in [0.05, 0.1) is 5.60 Å². The SMILES string of the molecule is C[C@H]1CCC2C1[C@H]1[C@@H](CC[C@@]2(C)O)C1(C)C. The largest absolute Gasteiger partial charge is 0.390 e. The highest BCUT2D eigenvalue weighted by Gasteiger charge is 2.66. The predicted octanol–water partition coefficient (Wildman–Crippen LogP) is 3.47. The molecule has 6 atom stereocenters. The van der Waals surface area contributed by atoms with Crippen LogP contribution in [0.1, 0.15) is 53.4 Å². The van der Waals surface area contributed by atoms with Gasteiger partial charge in [0.25, 0.3) is 0 Å². The highest BCUT2D eigenvalue weighted by atomic mass is 16.3. The van der Waals surface area contributed by atoms with E-state index in [9.17, 15) is 5.11 Å². The molecule has 3 saturated carbocycles. The second-order valence-corrected chi connectivity index (χ2v) is 7.59. The second-order valence-electron chi connectivity index (χ2n) is 7.59. The summed E-state index contributed by atoms with van der Waals surface area (Å²) in [6, 6.07) is 0. The normalized spacial score (nSPS) is 58.7. The van der Waals surface area contributed by atoms with Crippen LogP contribution in [-0.4, -0.2) is 10.7 Å². The lowest BCUT2D eigenvalue weighted by Crippen LogP contribution is -2.38. The summed E-state index contributed by atoms with van der Waals surface area (Å²) >= 11 is 0. The molecule has 0 aromatic heterocycles. The number of hydrogen-bond acceptors (Lipinski definition) is 1. The van der Waals surface area contributed by atoms with Crippen molar-refractivity contribution in [2.24, 2.45) is 35.0 Å². The van der Waals surface area contributed by atoms with Crippen molar-refractivity contribution in [2.45, 2.75) is 59.0 Å². The van der Waals surface area contributed by atoms with E-state index in [1.807, 2.05) is 0 Å². The van der Waals surface area contributed by atoms with Crippen LogP contribution in [0, 0.1) is 35.0 Å². The standard InChI is InChI=1S/C15H26O/c1-9-5-6-10-12(9)13-11(14(13,2)3)7-8-15(10,4)16/h9-13,16H,5-8H2,1-4H3/t9-,10?,11+,12?,13+,15+/m0/s1. The smallest absolute Gasteiger partial charge is 0.0650 e. The van der Waals surface area contributed by atoms with Gasteiger partial charge in [-0.2, -0.15) is 0 Å². The van der Waals surface area contributed by atoms with Crippen LogP contribution in [0.15, 0.2) is 0 Å². The molecule has 0 amide bonds. The molecule has 1 nitrogen and oxygen atoms in total. The van der Waals surface area contributed by atoms with E-state index in [4.69, 9.17) is 0 Å². The number of fused-ring (bicyclic) bond motifs is 3. The molecular formula is C15H26O. The Kier molecular flexibility index (Phi) is 2.11. The highest BCUT2D eigenvalue weighted by Crippen LogP contribution is 2.71. The van der Waals surface area contributed by atoms with Crippen LogP contribution in [0.3, 0.4) is 0 Å². The van der Waals surface area contributed by atoms with Crippen molar-refractivity contribution in [3.63, 3.8) is 0 Å². The van der Waals surface area contributed by atoms with Gasteiger partial charge >= 0.3 is 0 Å². The highest BCUT2D eigenvalue weighted by molar-refractivity contribution is 5.14. The Bertz CT molecular complexity index is 305. The van der Waals surface area contributed by atoms with Gasteiger partial charge in [0, 0.05) is 0 Å². The minimum Gasteiger partial charge on any atom is -0.390 e. The van der Waals surface area contributed by atoms with Gasteiger partial charge in [-0.05, 0) is 61.2 Å². The maximum Gasteiger partial charge on any atom is 0.0650 e. The molecule has 2 unspecified atom stereocenters. The predicted molar refractivity (Wildman–Crippen MR) is 66.0 cm³/mol. The van der Waals surface area contributed by atoms with Gasteiger partial charge in [-0.3, -0.25) is 0 Å². The summed E-state index contributed by atoms with van der Waals surface area (Å²) < 4.78 is 0. The summed E-state index contributed by atoms with van der Waals surface area (Å²) in [5.41, 5.74) is 0.191. The quantitative estimate of drug-likeness (QED) is 0.665. The molecule has 0 heterocycles. The zero-order valence-electron chi connectivity index (χ0n) is 11.2. The fourth-order valence-electron chi connectivity index (χ4n) is 5.29. The van der Waals surface area contributed by atoms with Gasteiger partial charge < -0.3 is 5.11 Å². The van der Waals surface area contributed by atoms with Gasteiger partial charge in [0.1, 0.15) is 0 Å². The summed E-state index contributed by atoms with van der Waals surface area (Å²) in [5, 5.41) is 10.7. The zero-order chi connectivity index (χ0) is 11.7. The fourth-order valence-corrected chi connectivity index (χ4v) is 5.29. The van der Waals surface area contributed by atoms with Crippen molar-refractivity contribution in [1.82, 2.24) is 0 Å². The third-order valence-electron chi connectivity index (χ3n) is 6.37. The molecule has 3 aliphatic rings. The summed E-state index contributed by atoms with van der Waals surface area (Å²) in [5.74, 6) is 4.03. The van der Waals surface area contributed by atoms with E-state index in [0.717, 1.165) is 30.1 Å². The molecular weight excluding hydrogens is 196 g/mol. The van der Waals surface area contributed by atoms with E-state index >= 15 is 0 Å². The van der Waals surface area contributed by atoms with E-state index < -0.39 is 0 Å². The van der Waals surface area contributed by atoms with Gasteiger partial charge in [-0.1, -0.05) is 27.2 Å². The van der Waals surface area contributed by atoms with Gasteiger partial charge in [0.15, 0.2) is 0 Å². The van der Waals surface area contributed by atoms with Crippen LogP contribution in [0.4, 0.5) is 0 Å². The molecule has 0 aromatic carbocycles. The molecule has 16 heavy (non-hydrogen) atoms. The maximum atomic E-state index is 10.7. The Labute approximate surface area is 99.6 Å². The summed E-state index contributed by atoms with van der Waals surface area (Å²) in [6.07, 6.45) is 4.89. The molecule has 0 aliphatic heterocycles. The average Bonchev–Trinajstić information content (AvgIpc) is 2.51. The first-order valence-electron chi connectivity index (χ1n) is 7.08. The zero-order valence-corrected chi connectivity index (χ0v) is 11.2. The molecule has 1 heteroatoms. The van der Waals surface area contributed by atoms with Crippen molar-refractivity contribution in [2.75, 3.05) is 0 Å². The molecule has 92 valence electrons. The molecule has 1 N–H and O–H groups in total. The van der Waals surface area contributed by atoms with Crippen LogP contribution >= 0.6 is 0 Å². The first-order valence-corrected chi connectivity index (χ1v) is 7.08. The molecule has 0 saturated heterocycles. The lowest BCUT2D eigenvalue weighted by molar-refractivity contribution is -0.0302. The molecule has 0 aromatic rings. The third-order valence-corrected chi connectivity index (χ3v) is 6.37. The molecule has 0 spiro atoms. The molecule has 0 bridgehead atoms. The van der Waals surface area contributed by atoms with Crippen LogP contribution in [0.25, 0.3) is 0 Å². The Morgan fingerprint density at radius 2 is 1.69 bits per heavy atom. The van der Waals surface area contributed by atoms with E-state index in [0.29, 0.717) is 11.3 Å². The molecule has 3 fully saturated rings. The maximum absolute atomic E-state index is 10.7. The molecule has 3 aliphatic carbocycles. The lowest BCUT2D eigenvalue weighted by Gasteiger charge is -2.35. The van der Waals surface area contributed by atoms with E-state index in [-0.39, 0.29) is 5.60 Å². The first-order chi connectivity index (χ1) is 7.36. The lowest BCUT2D eigenvalue weighted by atomic mass is 9.74. The van der Waals surface area contributed by atoms with Gasteiger partial charge in [-0.15, -0.1) is 0 Å². The van der Waals surface area contributed by atoms with Crippen molar-refractivity contribution >= 4 is 0 Å². The Morgan fingerprint density at radius 3 is 2.38 bits per heavy atom. The third kappa shape index (κ3) is 1.27. The van der Waals surface area contributed by atoms with Crippen molar-refractivity contribution in [3.05, 3.63) is 0 Å². The monoisotopic (exact) mass is 222 g/mol. The van der Waals surface area contributed by atoms with Crippen LogP contribution < -0.4 is 0 Å². The van der Waals surface area contributed by atoms with Crippen molar-refractivity contribution in [3.8, 4) is 0 Å². The minimum atomic E-state index is -0.376. The van der Waals surface area contributed by atoms with Crippen LogP contribution in [0.5, 0.6) is 0 Å². The van der Waals surface area contributed by atoms with E-state index in [1.165, 1.54) is 19.3 Å². The topological polar surface area (TPSA) is 20.2 Å². The van der Waals surface area contributed by atoms with Crippen LogP contribution in [-0.2, 0) is 0 Å². The average molecular weight is 222 g/mol. The Morgan fingerprint density at radius 1 is 1.00 bits per heavy atom. The molecule has 3 rings (SSSR count). The Hall–Kier alpha value is -0.0400. The molecule has 0 radical (unpaired) electrons. The van der Waals surface area contributed by atoms with E-state index in [2.05, 4.69) is 27.7 Å². The fraction of sp³-hybridized carbons (Fsp3) is 1.00. The minimum absolute atomic E-state index is 0.376. The first kappa shape index (κ1) is 11.1. The number of aliphatic hydroxyl groups is 1. The van der Waals surface area contributed by atoms with E-state index in [1.54, 1.807) is 0 Å².